The number of nitrogens with one attached hydrogen (secondary N) is 1. The summed E-state index contributed by atoms with van der Waals surface area (Å²) in [6.45, 7) is 5.68. The van der Waals surface area contributed by atoms with Crippen molar-refractivity contribution >= 4 is 11.8 Å². The summed E-state index contributed by atoms with van der Waals surface area (Å²) in [7, 11) is 1.48. The van der Waals surface area contributed by atoms with E-state index in [2.05, 4.69) is 10.4 Å². The second-order valence-electron chi connectivity index (χ2n) is 6.03. The van der Waals surface area contributed by atoms with Crippen LogP contribution in [0.25, 0.3) is 0 Å². The van der Waals surface area contributed by atoms with Crippen LogP contribution >= 0.6 is 0 Å². The average molecular weight is 308 g/mol. The third-order valence-electron chi connectivity index (χ3n) is 3.63. The van der Waals surface area contributed by atoms with Gasteiger partial charge in [0.1, 0.15) is 6.61 Å². The van der Waals surface area contributed by atoms with Crippen molar-refractivity contribution in [2.45, 2.75) is 32.9 Å². The number of carbonyl (C=O) groups is 2. The van der Waals surface area contributed by atoms with Gasteiger partial charge in [0.15, 0.2) is 0 Å². The molecule has 22 heavy (non-hydrogen) atoms. The zero-order valence-corrected chi connectivity index (χ0v) is 13.4. The normalized spacial score (nSPS) is 17.5. The largest absolute Gasteiger partial charge is 0.375 e. The molecule has 1 atom stereocenters. The minimum Gasteiger partial charge on any atom is -0.375 e. The maximum Gasteiger partial charge on any atom is 0.246 e. The van der Waals surface area contributed by atoms with Crippen LogP contribution in [0.1, 0.15) is 32.0 Å². The summed E-state index contributed by atoms with van der Waals surface area (Å²) in [5, 5.41) is 7.13. The molecule has 1 aliphatic heterocycles. The molecule has 1 aromatic rings. The van der Waals surface area contributed by atoms with Gasteiger partial charge in [0.05, 0.1) is 18.3 Å². The quantitative estimate of drug-likeness (QED) is 0.834. The fraction of sp³-hybridized carbons (Fsp3) is 0.667. The van der Waals surface area contributed by atoms with Crippen molar-refractivity contribution < 1.29 is 14.3 Å². The molecule has 7 heteroatoms. The summed E-state index contributed by atoms with van der Waals surface area (Å²) in [5.41, 5.74) is 0.995. The number of hydrogen-bond donors (Lipinski definition) is 1. The lowest BCUT2D eigenvalue weighted by Crippen LogP contribution is -2.45. The van der Waals surface area contributed by atoms with Crippen LogP contribution in [0.2, 0.25) is 0 Å². The van der Waals surface area contributed by atoms with Crippen molar-refractivity contribution in [2.75, 3.05) is 26.8 Å². The van der Waals surface area contributed by atoms with E-state index >= 15 is 0 Å². The molecule has 0 saturated carbocycles. The summed E-state index contributed by atoms with van der Waals surface area (Å²) in [5.74, 6) is 0.316. The van der Waals surface area contributed by atoms with Gasteiger partial charge in [-0.15, -0.1) is 0 Å². The van der Waals surface area contributed by atoms with Crippen molar-refractivity contribution in [3.8, 4) is 0 Å². The van der Waals surface area contributed by atoms with Crippen LogP contribution in [0.15, 0.2) is 12.3 Å². The molecule has 0 aromatic carbocycles. The van der Waals surface area contributed by atoms with Crippen LogP contribution in [0.5, 0.6) is 0 Å². The molecular weight excluding hydrogens is 284 g/mol. The van der Waals surface area contributed by atoms with Gasteiger partial charge in [-0.2, -0.15) is 5.10 Å². The molecule has 0 bridgehead atoms. The molecule has 2 rings (SSSR count). The number of ether oxygens (including phenoxy) is 1. The number of amides is 2. The second kappa shape index (κ2) is 7.40. The van der Waals surface area contributed by atoms with E-state index in [0.717, 1.165) is 5.69 Å². The number of methoxy groups -OCH3 is 1. The van der Waals surface area contributed by atoms with E-state index in [0.29, 0.717) is 32.0 Å². The fourth-order valence-corrected chi connectivity index (χ4v) is 2.62. The van der Waals surface area contributed by atoms with Gasteiger partial charge in [-0.3, -0.25) is 14.3 Å². The number of carbonyl (C=O) groups excluding carboxylic acids is 2. The van der Waals surface area contributed by atoms with Crippen LogP contribution in [0, 0.1) is 5.92 Å². The first-order valence-corrected chi connectivity index (χ1v) is 7.57. The maximum absolute atomic E-state index is 12.3. The lowest BCUT2D eigenvalue weighted by molar-refractivity contribution is -0.134. The predicted molar refractivity (Wildman–Crippen MR) is 81.0 cm³/mol. The average Bonchev–Trinajstić information content (AvgIpc) is 2.92. The van der Waals surface area contributed by atoms with Crippen LogP contribution in [-0.4, -0.2) is 53.3 Å². The van der Waals surface area contributed by atoms with Crippen molar-refractivity contribution in [3.05, 3.63) is 18.0 Å². The summed E-state index contributed by atoms with van der Waals surface area (Å²) < 4.78 is 6.70. The molecule has 7 nitrogen and oxygen atoms in total. The minimum atomic E-state index is -0.165. The molecule has 1 aromatic heterocycles. The first-order valence-electron chi connectivity index (χ1n) is 7.57. The Hall–Kier alpha value is -1.89. The molecule has 1 N–H and O–H groups in total. The molecule has 1 aliphatic rings. The highest BCUT2D eigenvalue weighted by Crippen LogP contribution is 2.21. The van der Waals surface area contributed by atoms with Crippen molar-refractivity contribution in [2.24, 2.45) is 5.92 Å². The molecule has 2 amide bonds. The Morgan fingerprint density at radius 1 is 1.50 bits per heavy atom. The lowest BCUT2D eigenvalue weighted by Gasteiger charge is -2.34. The minimum absolute atomic E-state index is 0.0364. The highest BCUT2D eigenvalue weighted by atomic mass is 16.5. The Morgan fingerprint density at radius 3 is 2.95 bits per heavy atom. The van der Waals surface area contributed by atoms with Gasteiger partial charge in [0, 0.05) is 32.8 Å². The number of nitrogens with zero attached hydrogens (tertiary/aromatic N) is 3. The molecule has 0 aliphatic carbocycles. The van der Waals surface area contributed by atoms with E-state index in [-0.39, 0.29) is 24.5 Å². The molecule has 1 unspecified atom stereocenters. The van der Waals surface area contributed by atoms with Gasteiger partial charge in [-0.25, -0.2) is 0 Å². The van der Waals surface area contributed by atoms with Gasteiger partial charge in [0.25, 0.3) is 0 Å². The van der Waals surface area contributed by atoms with Crippen LogP contribution in [0.3, 0.4) is 0 Å². The van der Waals surface area contributed by atoms with E-state index in [1.54, 1.807) is 6.20 Å². The molecule has 0 spiro atoms. The van der Waals surface area contributed by atoms with Crippen LogP contribution in [0.4, 0.5) is 0 Å². The van der Waals surface area contributed by atoms with Crippen LogP contribution in [-0.2, 0) is 20.9 Å². The first kappa shape index (κ1) is 16.5. The Balaban J connectivity index is 2.03. The fourth-order valence-electron chi connectivity index (χ4n) is 2.62. The van der Waals surface area contributed by atoms with E-state index in [9.17, 15) is 9.59 Å². The molecular formula is C15H24N4O3. The van der Waals surface area contributed by atoms with Gasteiger partial charge >= 0.3 is 0 Å². The monoisotopic (exact) mass is 308 g/mol. The Morgan fingerprint density at radius 2 is 2.27 bits per heavy atom. The highest BCUT2D eigenvalue weighted by Gasteiger charge is 2.28. The molecule has 122 valence electrons. The summed E-state index contributed by atoms with van der Waals surface area (Å²) >= 11 is 0. The number of fused-ring (bicyclic) bond motifs is 1. The molecule has 0 saturated heterocycles. The van der Waals surface area contributed by atoms with Crippen molar-refractivity contribution in [3.63, 3.8) is 0 Å². The van der Waals surface area contributed by atoms with E-state index < -0.39 is 0 Å². The van der Waals surface area contributed by atoms with E-state index in [4.69, 9.17) is 4.74 Å². The Bertz CT molecular complexity index is 527. The van der Waals surface area contributed by atoms with Gasteiger partial charge < -0.3 is 15.0 Å². The third-order valence-corrected chi connectivity index (χ3v) is 3.63. The van der Waals surface area contributed by atoms with Gasteiger partial charge in [-0.05, 0) is 12.0 Å². The highest BCUT2D eigenvalue weighted by molar-refractivity contribution is 5.77. The topological polar surface area (TPSA) is 76.5 Å². The number of rotatable bonds is 6. The standard InChI is InChI=1S/C15H24N4O3/c1-11(2)6-15(21)18-8-12-4-5-17-19(12)13(9-18)7-16-14(20)10-22-3/h4-5,11,13H,6-10H2,1-3H3,(H,16,20). The molecule has 0 fully saturated rings. The zero-order valence-electron chi connectivity index (χ0n) is 13.4. The van der Waals surface area contributed by atoms with Gasteiger partial charge in [0.2, 0.25) is 11.8 Å². The van der Waals surface area contributed by atoms with Crippen molar-refractivity contribution in [1.29, 1.82) is 0 Å². The Labute approximate surface area is 130 Å². The SMILES string of the molecule is COCC(=O)NCC1CN(C(=O)CC(C)C)Cc2ccnn21. The van der Waals surface area contributed by atoms with Gasteiger partial charge in [-0.1, -0.05) is 13.8 Å². The number of hydrogen-bond acceptors (Lipinski definition) is 4. The zero-order chi connectivity index (χ0) is 16.1. The lowest BCUT2D eigenvalue weighted by atomic mass is 10.1. The maximum atomic E-state index is 12.3. The Kier molecular flexibility index (Phi) is 5.54. The van der Waals surface area contributed by atoms with Crippen LogP contribution < -0.4 is 5.32 Å². The summed E-state index contributed by atoms with van der Waals surface area (Å²) in [6, 6.07) is 1.87. The first-order chi connectivity index (χ1) is 10.5. The van der Waals surface area contributed by atoms with E-state index in [1.807, 2.05) is 29.5 Å². The predicted octanol–water partition coefficient (Wildman–Crippen LogP) is 0.575. The number of aromatic nitrogens is 2. The molecule has 2 heterocycles. The second-order valence-corrected chi connectivity index (χ2v) is 6.03. The summed E-state index contributed by atoms with van der Waals surface area (Å²) in [6.07, 6.45) is 2.27. The summed E-state index contributed by atoms with van der Waals surface area (Å²) in [4.78, 5) is 25.7. The smallest absolute Gasteiger partial charge is 0.246 e. The third kappa shape index (κ3) is 4.07. The molecule has 0 radical (unpaired) electrons. The van der Waals surface area contributed by atoms with Crippen molar-refractivity contribution in [1.82, 2.24) is 20.0 Å². The van der Waals surface area contributed by atoms with E-state index in [1.165, 1.54) is 7.11 Å².